The first kappa shape index (κ1) is 52.7. The lowest BCUT2D eigenvalue weighted by Gasteiger charge is -2.14. The molecule has 1 unspecified atom stereocenters. The molecule has 326 valence electrons. The third kappa shape index (κ3) is 38.9. The molecular formula is C40H74N4O12. The predicted molar refractivity (Wildman–Crippen MR) is 212 cm³/mol. The van der Waals surface area contributed by atoms with Gasteiger partial charge < -0.3 is 50.4 Å². The first-order valence-electron chi connectivity index (χ1n) is 21.0. The number of ether oxygens (including phenoxy) is 4. The normalized spacial score (nSPS) is 11.5. The predicted octanol–water partition coefficient (Wildman–Crippen LogP) is 4.27. The van der Waals surface area contributed by atoms with E-state index in [2.05, 4.69) is 28.2 Å². The second-order valence-electron chi connectivity index (χ2n) is 13.9. The molecule has 0 radical (unpaired) electrons. The van der Waals surface area contributed by atoms with Crippen LogP contribution in [0.15, 0.2) is 0 Å². The molecule has 16 nitrogen and oxygen atoms in total. The fraction of sp³-hybridized carbons (Fsp3) is 0.850. The first-order valence-corrected chi connectivity index (χ1v) is 21.0. The number of amides is 4. The van der Waals surface area contributed by atoms with Gasteiger partial charge in [0.1, 0.15) is 19.3 Å². The highest BCUT2D eigenvalue weighted by Gasteiger charge is 2.20. The molecule has 0 aromatic carbocycles. The Kier molecular flexibility index (Phi) is 37.5. The van der Waals surface area contributed by atoms with Gasteiger partial charge in [-0.3, -0.25) is 24.0 Å². The van der Waals surface area contributed by atoms with E-state index in [0.29, 0.717) is 32.7 Å². The van der Waals surface area contributed by atoms with E-state index in [0.717, 1.165) is 57.8 Å². The van der Waals surface area contributed by atoms with Gasteiger partial charge in [0.2, 0.25) is 23.6 Å². The Morgan fingerprint density at radius 1 is 0.446 bits per heavy atom. The lowest BCUT2D eigenvalue weighted by molar-refractivity contribution is -0.142. The van der Waals surface area contributed by atoms with Gasteiger partial charge in [-0.15, -0.1) is 0 Å². The Morgan fingerprint density at radius 2 is 0.875 bits per heavy atom. The van der Waals surface area contributed by atoms with Crippen molar-refractivity contribution < 1.29 is 57.9 Å². The van der Waals surface area contributed by atoms with Crippen molar-refractivity contribution in [1.29, 1.82) is 0 Å². The number of carboxylic acids is 2. The van der Waals surface area contributed by atoms with Crippen LogP contribution in [0.2, 0.25) is 0 Å². The van der Waals surface area contributed by atoms with E-state index in [1.807, 2.05) is 0 Å². The zero-order valence-electron chi connectivity index (χ0n) is 34.2. The van der Waals surface area contributed by atoms with E-state index in [9.17, 15) is 33.9 Å². The number of carbonyl (C=O) groups excluding carboxylic acids is 4. The number of carboxylic acid groups (broad SMARTS) is 2. The summed E-state index contributed by atoms with van der Waals surface area (Å²) < 4.78 is 21.3. The molecule has 0 bridgehead atoms. The molecule has 4 amide bonds. The van der Waals surface area contributed by atoms with Gasteiger partial charge in [-0.05, 0) is 25.7 Å². The SMILES string of the molecule is CCCCCNC(=O)COCCOCCNC(=O)COCCOCCNC(=O)CCC(NC(=O)CCCCCCCCCCCCCCCCC(=O)O)C(=O)O. The van der Waals surface area contributed by atoms with Crippen LogP contribution in [0.1, 0.15) is 142 Å². The van der Waals surface area contributed by atoms with Gasteiger partial charge in [-0.2, -0.15) is 0 Å². The summed E-state index contributed by atoms with van der Waals surface area (Å²) in [7, 11) is 0. The van der Waals surface area contributed by atoms with Crippen LogP contribution in [0.25, 0.3) is 0 Å². The lowest BCUT2D eigenvalue weighted by Crippen LogP contribution is -2.41. The number of rotatable bonds is 42. The maximum absolute atomic E-state index is 12.3. The van der Waals surface area contributed by atoms with Gasteiger partial charge >= 0.3 is 11.9 Å². The molecular weight excluding hydrogens is 728 g/mol. The average Bonchev–Trinajstić information content (AvgIpc) is 3.16. The van der Waals surface area contributed by atoms with Crippen LogP contribution in [0.3, 0.4) is 0 Å². The summed E-state index contributed by atoms with van der Waals surface area (Å²) >= 11 is 0. The molecule has 0 saturated heterocycles. The van der Waals surface area contributed by atoms with Gasteiger partial charge in [-0.25, -0.2) is 4.79 Å². The van der Waals surface area contributed by atoms with Gasteiger partial charge in [0.05, 0.1) is 39.6 Å². The van der Waals surface area contributed by atoms with Gasteiger partial charge in [0, 0.05) is 38.9 Å². The number of hydrogen-bond acceptors (Lipinski definition) is 10. The summed E-state index contributed by atoms with van der Waals surface area (Å²) in [6.07, 6.45) is 18.7. The molecule has 0 heterocycles. The van der Waals surface area contributed by atoms with E-state index in [1.165, 1.54) is 44.9 Å². The van der Waals surface area contributed by atoms with Crippen LogP contribution >= 0.6 is 0 Å². The van der Waals surface area contributed by atoms with Crippen molar-refractivity contribution in [3.8, 4) is 0 Å². The summed E-state index contributed by atoms with van der Waals surface area (Å²) in [6.45, 7) is 4.64. The average molecular weight is 803 g/mol. The summed E-state index contributed by atoms with van der Waals surface area (Å²) in [5.41, 5.74) is 0. The smallest absolute Gasteiger partial charge is 0.326 e. The topological polar surface area (TPSA) is 228 Å². The Labute approximate surface area is 334 Å². The Balaban J connectivity index is 3.65. The Bertz CT molecular complexity index is 1030. The van der Waals surface area contributed by atoms with Crippen LogP contribution in [-0.4, -0.2) is 124 Å². The van der Waals surface area contributed by atoms with E-state index in [1.54, 1.807) is 0 Å². The van der Waals surface area contributed by atoms with Crippen molar-refractivity contribution in [2.45, 2.75) is 148 Å². The third-order valence-electron chi connectivity index (χ3n) is 8.79. The van der Waals surface area contributed by atoms with Crippen LogP contribution in [0.5, 0.6) is 0 Å². The quantitative estimate of drug-likeness (QED) is 0.0476. The van der Waals surface area contributed by atoms with E-state index >= 15 is 0 Å². The highest BCUT2D eigenvalue weighted by Crippen LogP contribution is 2.14. The number of carbonyl (C=O) groups is 6. The van der Waals surface area contributed by atoms with Crippen LogP contribution in [0.4, 0.5) is 0 Å². The third-order valence-corrected chi connectivity index (χ3v) is 8.79. The molecule has 0 aromatic heterocycles. The highest BCUT2D eigenvalue weighted by atomic mass is 16.5. The maximum Gasteiger partial charge on any atom is 0.326 e. The number of aliphatic carboxylic acids is 2. The zero-order valence-corrected chi connectivity index (χ0v) is 34.2. The van der Waals surface area contributed by atoms with Crippen molar-refractivity contribution in [3.63, 3.8) is 0 Å². The fourth-order valence-electron chi connectivity index (χ4n) is 5.57. The summed E-state index contributed by atoms with van der Waals surface area (Å²) in [4.78, 5) is 70.0. The van der Waals surface area contributed by atoms with E-state index < -0.39 is 18.0 Å². The van der Waals surface area contributed by atoms with Crippen molar-refractivity contribution in [3.05, 3.63) is 0 Å². The number of unbranched alkanes of at least 4 members (excludes halogenated alkanes) is 15. The number of hydrogen-bond donors (Lipinski definition) is 6. The molecule has 56 heavy (non-hydrogen) atoms. The molecule has 0 spiro atoms. The lowest BCUT2D eigenvalue weighted by atomic mass is 10.0. The molecule has 6 N–H and O–H groups in total. The minimum atomic E-state index is -1.18. The van der Waals surface area contributed by atoms with Crippen molar-refractivity contribution in [1.82, 2.24) is 21.3 Å². The van der Waals surface area contributed by atoms with Gasteiger partial charge in [-0.1, -0.05) is 96.8 Å². The van der Waals surface area contributed by atoms with Gasteiger partial charge in [0.15, 0.2) is 0 Å². The molecule has 1 atom stereocenters. The Hall–Kier alpha value is -3.34. The Morgan fingerprint density at radius 3 is 1.34 bits per heavy atom. The van der Waals surface area contributed by atoms with Crippen LogP contribution < -0.4 is 21.3 Å². The second-order valence-corrected chi connectivity index (χ2v) is 13.9. The largest absolute Gasteiger partial charge is 0.481 e. The monoisotopic (exact) mass is 803 g/mol. The zero-order chi connectivity index (χ0) is 41.3. The molecule has 16 heteroatoms. The highest BCUT2D eigenvalue weighted by molar-refractivity contribution is 5.84. The summed E-state index contributed by atoms with van der Waals surface area (Å²) in [5.74, 6) is -3.00. The van der Waals surface area contributed by atoms with Crippen molar-refractivity contribution in [2.75, 3.05) is 72.5 Å². The molecule has 0 rings (SSSR count). The molecule has 0 aliphatic carbocycles. The fourth-order valence-corrected chi connectivity index (χ4v) is 5.57. The molecule has 0 aliphatic heterocycles. The molecule has 0 saturated carbocycles. The first-order chi connectivity index (χ1) is 27.1. The van der Waals surface area contributed by atoms with E-state index in [-0.39, 0.29) is 95.5 Å². The summed E-state index contributed by atoms with van der Waals surface area (Å²) in [5, 5.41) is 28.8. The molecule has 0 aromatic rings. The van der Waals surface area contributed by atoms with Crippen LogP contribution in [0, 0.1) is 0 Å². The van der Waals surface area contributed by atoms with Gasteiger partial charge in [0.25, 0.3) is 0 Å². The van der Waals surface area contributed by atoms with Crippen molar-refractivity contribution in [2.24, 2.45) is 0 Å². The van der Waals surface area contributed by atoms with E-state index in [4.69, 9.17) is 24.1 Å². The second kappa shape index (κ2) is 39.9. The van der Waals surface area contributed by atoms with Crippen LogP contribution in [-0.2, 0) is 47.7 Å². The minimum Gasteiger partial charge on any atom is -0.481 e. The molecule has 0 fully saturated rings. The standard InChI is InChI=1S/C40H74N4O12/c1-2-3-18-23-41-37(47)32-55-30-29-54-27-25-43-38(48)33-56-31-28-53-26-24-42-35(45)22-21-34(40(51)52)44-36(46)19-16-14-12-10-8-6-4-5-7-9-11-13-15-17-20-39(49)50/h34H,2-33H2,1H3,(H,41,47)(H,42,45)(H,43,48)(H,44,46)(H,49,50)(H,51,52). The minimum absolute atomic E-state index is 0.00718. The maximum atomic E-state index is 12.3. The summed E-state index contributed by atoms with van der Waals surface area (Å²) in [6, 6.07) is -1.13. The number of nitrogens with one attached hydrogen (secondary N) is 4. The molecule has 0 aliphatic rings. The van der Waals surface area contributed by atoms with Crippen molar-refractivity contribution >= 4 is 35.6 Å².